The molecule has 0 radical (unpaired) electrons. The Hall–Kier alpha value is -2.74. The van der Waals surface area contributed by atoms with Crippen LogP contribution in [0.3, 0.4) is 0 Å². The number of amides is 1. The van der Waals surface area contributed by atoms with Crippen LogP contribution in [0.15, 0.2) is 39.8 Å². The molecule has 0 aliphatic rings. The first-order valence-electron chi connectivity index (χ1n) is 7.35. The van der Waals surface area contributed by atoms with Crippen LogP contribution < -0.4 is 4.80 Å². The van der Waals surface area contributed by atoms with Crippen LogP contribution in [-0.2, 0) is 16.1 Å². The number of nitrogens with zero attached hydrogens (tertiary/aromatic N) is 3. The molecule has 0 saturated carbocycles. The van der Waals surface area contributed by atoms with Gasteiger partial charge in [-0.1, -0.05) is 28.6 Å². The number of aromatic nitrogens is 2. The van der Waals surface area contributed by atoms with E-state index in [1.165, 1.54) is 17.4 Å². The number of benzene rings is 1. The van der Waals surface area contributed by atoms with Crippen LogP contribution in [0.5, 0.6) is 0 Å². The van der Waals surface area contributed by atoms with Crippen molar-refractivity contribution in [2.24, 2.45) is 4.99 Å². The molecular weight excluding hydrogens is 330 g/mol. The highest BCUT2D eigenvalue weighted by Gasteiger charge is 2.14. The molecule has 0 saturated heterocycles. The summed E-state index contributed by atoms with van der Waals surface area (Å²) in [5.41, 5.74) is 1.42. The van der Waals surface area contributed by atoms with Crippen LogP contribution in [0, 0.1) is 6.92 Å². The third-order valence-electron chi connectivity index (χ3n) is 3.22. The highest BCUT2D eigenvalue weighted by atomic mass is 32.1. The number of para-hydroxylation sites is 1. The van der Waals surface area contributed by atoms with Crippen molar-refractivity contribution in [1.29, 1.82) is 0 Å². The summed E-state index contributed by atoms with van der Waals surface area (Å²) < 4.78 is 12.5. The Labute approximate surface area is 141 Å². The molecule has 0 aliphatic carbocycles. The van der Waals surface area contributed by atoms with E-state index in [1.54, 1.807) is 18.4 Å². The monoisotopic (exact) mass is 345 g/mol. The molecule has 2 heterocycles. The molecule has 0 N–H and O–H groups in total. The molecule has 3 aromatic rings. The first-order chi connectivity index (χ1) is 11.6. The smallest absolute Gasteiger partial charge is 0.326 e. The number of esters is 1. The van der Waals surface area contributed by atoms with Crippen molar-refractivity contribution in [2.75, 3.05) is 6.61 Å². The summed E-state index contributed by atoms with van der Waals surface area (Å²) in [6, 6.07) is 9.05. The second-order valence-electron chi connectivity index (χ2n) is 4.99. The topological polar surface area (TPSA) is 86.7 Å². The summed E-state index contributed by atoms with van der Waals surface area (Å²) >= 11 is 1.32. The summed E-state index contributed by atoms with van der Waals surface area (Å²) in [6.07, 6.45) is 0. The molecule has 0 atom stereocenters. The average Bonchev–Trinajstić information content (AvgIpc) is 3.12. The lowest BCUT2D eigenvalue weighted by atomic mass is 10.3. The van der Waals surface area contributed by atoms with Crippen molar-refractivity contribution in [1.82, 2.24) is 9.72 Å². The van der Waals surface area contributed by atoms with Gasteiger partial charge in [-0.3, -0.25) is 9.59 Å². The number of rotatable bonds is 4. The number of fused-ring (bicyclic) bond motifs is 1. The van der Waals surface area contributed by atoms with Crippen molar-refractivity contribution >= 4 is 33.4 Å². The highest BCUT2D eigenvalue weighted by Crippen LogP contribution is 2.17. The molecule has 1 aromatic carbocycles. The van der Waals surface area contributed by atoms with Crippen LogP contribution >= 0.6 is 11.3 Å². The van der Waals surface area contributed by atoms with E-state index in [4.69, 9.17) is 9.26 Å². The van der Waals surface area contributed by atoms with Gasteiger partial charge in [0.2, 0.25) is 5.76 Å². The maximum absolute atomic E-state index is 12.2. The quantitative estimate of drug-likeness (QED) is 0.677. The fraction of sp³-hybridized carbons (Fsp3) is 0.250. The van der Waals surface area contributed by atoms with E-state index in [0.29, 0.717) is 17.1 Å². The predicted octanol–water partition coefficient (Wildman–Crippen LogP) is 2.30. The van der Waals surface area contributed by atoms with Gasteiger partial charge >= 0.3 is 11.9 Å². The summed E-state index contributed by atoms with van der Waals surface area (Å²) in [7, 11) is 0. The van der Waals surface area contributed by atoms with Crippen molar-refractivity contribution in [3.8, 4) is 0 Å². The van der Waals surface area contributed by atoms with Crippen LogP contribution in [-0.4, -0.2) is 28.2 Å². The van der Waals surface area contributed by atoms with Crippen molar-refractivity contribution < 1.29 is 18.8 Å². The lowest BCUT2D eigenvalue weighted by molar-refractivity contribution is -0.143. The maximum atomic E-state index is 12.2. The summed E-state index contributed by atoms with van der Waals surface area (Å²) in [6.45, 7) is 3.75. The molecule has 1 amide bonds. The van der Waals surface area contributed by atoms with E-state index < -0.39 is 5.91 Å². The van der Waals surface area contributed by atoms with Gasteiger partial charge in [-0.05, 0) is 26.0 Å². The maximum Gasteiger partial charge on any atom is 0.326 e. The van der Waals surface area contributed by atoms with Gasteiger partial charge < -0.3 is 13.8 Å². The first kappa shape index (κ1) is 16.1. The van der Waals surface area contributed by atoms with Gasteiger partial charge in [-0.2, -0.15) is 4.99 Å². The lowest BCUT2D eigenvalue weighted by Gasteiger charge is -2.04. The van der Waals surface area contributed by atoms with Crippen molar-refractivity contribution in [3.63, 3.8) is 0 Å². The first-order valence-corrected chi connectivity index (χ1v) is 8.16. The Kier molecular flexibility index (Phi) is 4.57. The Morgan fingerprint density at radius 3 is 2.88 bits per heavy atom. The Morgan fingerprint density at radius 2 is 2.17 bits per heavy atom. The largest absolute Gasteiger partial charge is 0.465 e. The number of carbonyl (C=O) groups excluding carboxylic acids is 2. The van der Waals surface area contributed by atoms with Crippen LogP contribution in [0.25, 0.3) is 10.2 Å². The molecule has 0 aliphatic heterocycles. The molecular formula is C16H15N3O4S. The van der Waals surface area contributed by atoms with E-state index in [1.807, 2.05) is 24.3 Å². The molecule has 0 fully saturated rings. The number of hydrogen-bond acceptors (Lipinski definition) is 6. The second kappa shape index (κ2) is 6.79. The third kappa shape index (κ3) is 3.28. The summed E-state index contributed by atoms with van der Waals surface area (Å²) in [4.78, 5) is 28.6. The van der Waals surface area contributed by atoms with Gasteiger partial charge in [-0.25, -0.2) is 0 Å². The van der Waals surface area contributed by atoms with E-state index in [9.17, 15) is 9.59 Å². The molecule has 0 bridgehead atoms. The standard InChI is InChI=1S/C16H15N3O4S/c1-3-22-14(20)9-19-11-6-4-5-7-13(11)24-16(19)17-15(21)12-8-10(2)18-23-12/h4-8H,3,9H2,1-2H3. The van der Waals surface area contributed by atoms with Crippen LogP contribution in [0.4, 0.5) is 0 Å². The van der Waals surface area contributed by atoms with Crippen LogP contribution in [0.2, 0.25) is 0 Å². The highest BCUT2D eigenvalue weighted by molar-refractivity contribution is 7.16. The zero-order valence-corrected chi connectivity index (χ0v) is 14.0. The zero-order chi connectivity index (χ0) is 17.1. The number of hydrogen-bond donors (Lipinski definition) is 0. The van der Waals surface area contributed by atoms with Gasteiger partial charge in [0.25, 0.3) is 0 Å². The fourth-order valence-electron chi connectivity index (χ4n) is 2.20. The van der Waals surface area contributed by atoms with Gasteiger partial charge in [0.1, 0.15) is 6.54 Å². The number of thiazole rings is 1. The van der Waals surface area contributed by atoms with Gasteiger partial charge in [0, 0.05) is 6.07 Å². The minimum Gasteiger partial charge on any atom is -0.465 e. The predicted molar refractivity (Wildman–Crippen MR) is 87.6 cm³/mol. The molecule has 7 nitrogen and oxygen atoms in total. The Bertz CT molecular complexity index is 967. The fourth-order valence-corrected chi connectivity index (χ4v) is 3.23. The van der Waals surface area contributed by atoms with E-state index in [0.717, 1.165) is 10.2 Å². The molecule has 24 heavy (non-hydrogen) atoms. The summed E-state index contributed by atoms with van der Waals surface area (Å²) in [5, 5.41) is 3.68. The van der Waals surface area contributed by atoms with E-state index in [-0.39, 0.29) is 18.3 Å². The van der Waals surface area contributed by atoms with E-state index in [2.05, 4.69) is 10.1 Å². The second-order valence-corrected chi connectivity index (χ2v) is 6.00. The molecule has 3 rings (SSSR count). The van der Waals surface area contributed by atoms with Crippen molar-refractivity contribution in [3.05, 3.63) is 46.6 Å². The third-order valence-corrected chi connectivity index (χ3v) is 4.28. The molecule has 8 heteroatoms. The molecule has 2 aromatic heterocycles. The lowest BCUT2D eigenvalue weighted by Crippen LogP contribution is -2.23. The van der Waals surface area contributed by atoms with Gasteiger partial charge in [0.15, 0.2) is 4.80 Å². The van der Waals surface area contributed by atoms with Crippen molar-refractivity contribution in [2.45, 2.75) is 20.4 Å². The number of ether oxygens (including phenoxy) is 1. The van der Waals surface area contributed by atoms with Gasteiger partial charge in [0.05, 0.1) is 22.5 Å². The Morgan fingerprint density at radius 1 is 1.38 bits per heavy atom. The SMILES string of the molecule is CCOC(=O)Cn1c(=NC(=O)c2cc(C)no2)sc2ccccc21. The average molecular weight is 345 g/mol. The summed E-state index contributed by atoms with van der Waals surface area (Å²) in [5.74, 6) is -0.863. The minimum absolute atomic E-state index is 0.0145. The molecule has 124 valence electrons. The number of carbonyl (C=O) groups is 2. The normalized spacial score (nSPS) is 11.8. The minimum atomic E-state index is -0.542. The van der Waals surface area contributed by atoms with E-state index >= 15 is 0 Å². The van der Waals surface area contributed by atoms with Gasteiger partial charge in [-0.15, -0.1) is 0 Å². The zero-order valence-electron chi connectivity index (χ0n) is 13.2. The number of aryl methyl sites for hydroxylation is 1. The molecule has 0 spiro atoms. The molecule has 0 unspecified atom stereocenters. The van der Waals surface area contributed by atoms with Crippen LogP contribution in [0.1, 0.15) is 23.2 Å². The Balaban J connectivity index is 2.07.